The number of hydrogen-bond donors (Lipinski definition) is 2. The number of carboxylic acids is 1. The van der Waals surface area contributed by atoms with E-state index in [9.17, 15) is 14.4 Å². The average Bonchev–Trinajstić information content (AvgIpc) is 2.44. The molecule has 0 heterocycles. The standard InChI is InChI=1S/C15H25NO5/c1-2-21-15(20)11-7-9-12(10-8-11)16-13(17)5-3-4-6-14(18)19/h11-12H,2-10H2,1H3,(H,16,17)(H,18,19). The zero-order valence-electron chi connectivity index (χ0n) is 12.6. The van der Waals surface area contributed by atoms with E-state index in [1.54, 1.807) is 6.92 Å². The predicted octanol–water partition coefficient (Wildman–Crippen LogP) is 1.87. The minimum Gasteiger partial charge on any atom is -0.481 e. The van der Waals surface area contributed by atoms with Gasteiger partial charge in [-0.05, 0) is 45.4 Å². The Morgan fingerprint density at radius 2 is 1.71 bits per heavy atom. The average molecular weight is 299 g/mol. The number of unbranched alkanes of at least 4 members (excludes halogenated alkanes) is 1. The van der Waals surface area contributed by atoms with E-state index in [2.05, 4.69) is 5.32 Å². The number of carboxylic acid groups (broad SMARTS) is 1. The molecule has 1 aliphatic rings. The van der Waals surface area contributed by atoms with E-state index in [0.29, 0.717) is 25.9 Å². The van der Waals surface area contributed by atoms with Gasteiger partial charge in [0.1, 0.15) is 0 Å². The van der Waals surface area contributed by atoms with Gasteiger partial charge in [-0.2, -0.15) is 0 Å². The number of aliphatic carboxylic acids is 1. The number of hydrogen-bond acceptors (Lipinski definition) is 4. The molecule has 21 heavy (non-hydrogen) atoms. The van der Waals surface area contributed by atoms with E-state index in [0.717, 1.165) is 25.7 Å². The van der Waals surface area contributed by atoms with Gasteiger partial charge in [-0.25, -0.2) is 0 Å². The summed E-state index contributed by atoms with van der Waals surface area (Å²) in [6.45, 7) is 2.21. The molecule has 1 fully saturated rings. The summed E-state index contributed by atoms with van der Waals surface area (Å²) in [6, 6.07) is 0.127. The summed E-state index contributed by atoms with van der Waals surface area (Å²) < 4.78 is 5.01. The SMILES string of the molecule is CCOC(=O)C1CCC(NC(=O)CCCCC(=O)O)CC1. The first-order valence-electron chi connectivity index (χ1n) is 7.70. The molecule has 0 aromatic rings. The minimum absolute atomic E-state index is 0.0278. The summed E-state index contributed by atoms with van der Waals surface area (Å²) in [7, 11) is 0. The normalized spacial score (nSPS) is 21.6. The first-order chi connectivity index (χ1) is 10.0. The zero-order valence-corrected chi connectivity index (χ0v) is 12.6. The highest BCUT2D eigenvalue weighted by atomic mass is 16.5. The monoisotopic (exact) mass is 299 g/mol. The maximum Gasteiger partial charge on any atom is 0.308 e. The van der Waals surface area contributed by atoms with Gasteiger partial charge in [-0.1, -0.05) is 0 Å². The summed E-state index contributed by atoms with van der Waals surface area (Å²) in [5.41, 5.74) is 0. The van der Waals surface area contributed by atoms with Crippen LogP contribution in [-0.2, 0) is 19.1 Å². The fourth-order valence-corrected chi connectivity index (χ4v) is 2.60. The fraction of sp³-hybridized carbons (Fsp3) is 0.800. The molecule has 0 spiro atoms. The number of rotatable bonds is 8. The van der Waals surface area contributed by atoms with Gasteiger partial charge in [0.15, 0.2) is 0 Å². The molecule has 0 aromatic heterocycles. The number of nitrogens with one attached hydrogen (secondary N) is 1. The van der Waals surface area contributed by atoms with Gasteiger partial charge >= 0.3 is 11.9 Å². The number of carbonyl (C=O) groups is 3. The van der Waals surface area contributed by atoms with Crippen LogP contribution in [0.5, 0.6) is 0 Å². The van der Waals surface area contributed by atoms with Gasteiger partial charge in [0.25, 0.3) is 0 Å². The number of esters is 1. The van der Waals surface area contributed by atoms with Crippen LogP contribution in [0.2, 0.25) is 0 Å². The van der Waals surface area contributed by atoms with E-state index < -0.39 is 5.97 Å². The molecule has 120 valence electrons. The Morgan fingerprint density at radius 1 is 1.10 bits per heavy atom. The van der Waals surface area contributed by atoms with E-state index in [4.69, 9.17) is 9.84 Å². The molecule has 0 aliphatic heterocycles. The first kappa shape index (κ1) is 17.5. The molecule has 0 saturated heterocycles. The van der Waals surface area contributed by atoms with Gasteiger partial charge < -0.3 is 15.2 Å². The second kappa shape index (κ2) is 9.37. The van der Waals surface area contributed by atoms with Crippen LogP contribution in [0, 0.1) is 5.92 Å². The van der Waals surface area contributed by atoms with Crippen LogP contribution < -0.4 is 5.32 Å². The number of carbonyl (C=O) groups excluding carboxylic acids is 2. The maximum absolute atomic E-state index is 11.7. The second-order valence-electron chi connectivity index (χ2n) is 5.47. The van der Waals surface area contributed by atoms with Gasteiger partial charge in [-0.3, -0.25) is 14.4 Å². The van der Waals surface area contributed by atoms with Crippen LogP contribution in [-0.4, -0.2) is 35.6 Å². The van der Waals surface area contributed by atoms with Crippen molar-refractivity contribution >= 4 is 17.8 Å². The van der Waals surface area contributed by atoms with Crippen LogP contribution >= 0.6 is 0 Å². The van der Waals surface area contributed by atoms with Crippen molar-refractivity contribution in [2.24, 2.45) is 5.92 Å². The number of amides is 1. The smallest absolute Gasteiger partial charge is 0.308 e. The highest BCUT2D eigenvalue weighted by molar-refractivity contribution is 5.76. The van der Waals surface area contributed by atoms with Gasteiger partial charge in [-0.15, -0.1) is 0 Å². The Labute approximate surface area is 125 Å². The summed E-state index contributed by atoms with van der Waals surface area (Å²) in [4.78, 5) is 33.7. The lowest BCUT2D eigenvalue weighted by atomic mass is 9.86. The zero-order chi connectivity index (χ0) is 15.7. The summed E-state index contributed by atoms with van der Waals surface area (Å²) in [6.07, 6.45) is 4.69. The van der Waals surface area contributed by atoms with E-state index in [-0.39, 0.29) is 30.3 Å². The van der Waals surface area contributed by atoms with E-state index >= 15 is 0 Å². The van der Waals surface area contributed by atoms with Crippen molar-refractivity contribution in [1.82, 2.24) is 5.32 Å². The van der Waals surface area contributed by atoms with Crippen molar-refractivity contribution in [3.63, 3.8) is 0 Å². The summed E-state index contributed by atoms with van der Waals surface area (Å²) in [5, 5.41) is 11.5. The number of ether oxygens (including phenoxy) is 1. The molecule has 0 bridgehead atoms. The fourth-order valence-electron chi connectivity index (χ4n) is 2.60. The van der Waals surface area contributed by atoms with Gasteiger partial charge in [0, 0.05) is 18.9 Å². The van der Waals surface area contributed by atoms with Crippen molar-refractivity contribution in [2.75, 3.05) is 6.61 Å². The Morgan fingerprint density at radius 3 is 2.29 bits per heavy atom. The lowest BCUT2D eigenvalue weighted by Gasteiger charge is -2.27. The van der Waals surface area contributed by atoms with Gasteiger partial charge in [0.05, 0.1) is 12.5 Å². The molecule has 2 N–H and O–H groups in total. The van der Waals surface area contributed by atoms with Crippen LogP contribution in [0.1, 0.15) is 58.3 Å². The molecular weight excluding hydrogens is 274 g/mol. The van der Waals surface area contributed by atoms with Crippen LogP contribution in [0.3, 0.4) is 0 Å². The molecule has 0 aromatic carbocycles. The van der Waals surface area contributed by atoms with Gasteiger partial charge in [0.2, 0.25) is 5.91 Å². The molecule has 1 rings (SSSR count). The Balaban J connectivity index is 2.15. The molecule has 0 radical (unpaired) electrons. The summed E-state index contributed by atoms with van der Waals surface area (Å²) in [5.74, 6) is -1.02. The van der Waals surface area contributed by atoms with Crippen molar-refractivity contribution in [3.05, 3.63) is 0 Å². The van der Waals surface area contributed by atoms with E-state index in [1.165, 1.54) is 0 Å². The quantitative estimate of drug-likeness (QED) is 0.527. The topological polar surface area (TPSA) is 92.7 Å². The van der Waals surface area contributed by atoms with E-state index in [1.807, 2.05) is 0 Å². The Hall–Kier alpha value is -1.59. The molecule has 6 heteroatoms. The highest BCUT2D eigenvalue weighted by Crippen LogP contribution is 2.25. The maximum atomic E-state index is 11.7. The first-order valence-corrected chi connectivity index (χ1v) is 7.70. The third-order valence-corrected chi connectivity index (χ3v) is 3.76. The third-order valence-electron chi connectivity index (χ3n) is 3.76. The van der Waals surface area contributed by atoms with Crippen molar-refractivity contribution in [2.45, 2.75) is 64.3 Å². The third kappa shape index (κ3) is 7.11. The molecule has 1 saturated carbocycles. The highest BCUT2D eigenvalue weighted by Gasteiger charge is 2.27. The molecule has 0 unspecified atom stereocenters. The second-order valence-corrected chi connectivity index (χ2v) is 5.47. The van der Waals surface area contributed by atoms with Crippen LogP contribution in [0.25, 0.3) is 0 Å². The molecule has 0 atom stereocenters. The predicted molar refractivity (Wildman–Crippen MR) is 76.6 cm³/mol. The Bertz CT molecular complexity index is 361. The minimum atomic E-state index is -0.826. The lowest BCUT2D eigenvalue weighted by Crippen LogP contribution is -2.38. The molecule has 1 aliphatic carbocycles. The van der Waals surface area contributed by atoms with Crippen LogP contribution in [0.4, 0.5) is 0 Å². The largest absolute Gasteiger partial charge is 0.481 e. The van der Waals surface area contributed by atoms with Crippen molar-refractivity contribution in [1.29, 1.82) is 0 Å². The summed E-state index contributed by atoms with van der Waals surface area (Å²) >= 11 is 0. The van der Waals surface area contributed by atoms with Crippen molar-refractivity contribution < 1.29 is 24.2 Å². The molecule has 1 amide bonds. The van der Waals surface area contributed by atoms with Crippen LogP contribution in [0.15, 0.2) is 0 Å². The molecular formula is C15H25NO5. The van der Waals surface area contributed by atoms with Crippen molar-refractivity contribution in [3.8, 4) is 0 Å². The Kier molecular flexibility index (Phi) is 7.79. The molecule has 6 nitrogen and oxygen atoms in total. The lowest BCUT2D eigenvalue weighted by molar-refractivity contribution is -0.149.